The summed E-state index contributed by atoms with van der Waals surface area (Å²) < 4.78 is 5.15. The van der Waals surface area contributed by atoms with E-state index in [2.05, 4.69) is 11.1 Å². The SMILES string of the molecule is COc1ccc(-c2c(C#N)c(N)nc3c2C(N)=CS3=C=O)cc1N. The van der Waals surface area contributed by atoms with Crippen LogP contribution in [-0.4, -0.2) is 17.3 Å². The summed E-state index contributed by atoms with van der Waals surface area (Å²) in [7, 11) is 0.510. The minimum Gasteiger partial charge on any atom is -0.495 e. The van der Waals surface area contributed by atoms with Crippen LogP contribution >= 0.6 is 10.5 Å². The molecule has 1 aromatic carbocycles. The second-order valence-corrected chi connectivity index (χ2v) is 6.45. The van der Waals surface area contributed by atoms with Gasteiger partial charge in [-0.1, -0.05) is 6.07 Å². The number of carbonyl (C=O) groups excluding carboxylic acids is 1. The number of anilines is 2. The Morgan fingerprint density at radius 2 is 2.00 bits per heavy atom. The van der Waals surface area contributed by atoms with E-state index in [1.807, 2.05) is 5.23 Å². The summed E-state index contributed by atoms with van der Waals surface area (Å²) in [6, 6.07) is 7.16. The number of nitrogens with zero attached hydrogens (tertiary/aromatic N) is 2. The molecule has 0 saturated heterocycles. The lowest BCUT2D eigenvalue weighted by Gasteiger charge is -2.14. The van der Waals surface area contributed by atoms with Crippen LogP contribution in [0.15, 0.2) is 28.6 Å². The number of methoxy groups -OCH3 is 1. The van der Waals surface area contributed by atoms with Crippen LogP contribution in [0.25, 0.3) is 16.8 Å². The molecule has 1 aliphatic rings. The van der Waals surface area contributed by atoms with Gasteiger partial charge in [-0.2, -0.15) is 5.26 Å². The summed E-state index contributed by atoms with van der Waals surface area (Å²) in [5, 5.41) is 13.4. The molecule has 3 rings (SSSR count). The quantitative estimate of drug-likeness (QED) is 0.559. The first-order chi connectivity index (χ1) is 11.5. The molecule has 7 nitrogen and oxygen atoms in total. The molecule has 2 heterocycles. The number of hydrogen-bond donors (Lipinski definition) is 3. The highest BCUT2D eigenvalue weighted by Gasteiger charge is 2.27. The van der Waals surface area contributed by atoms with Gasteiger partial charge in [0.1, 0.15) is 28.2 Å². The number of nitrogens with two attached hydrogens (primary N) is 3. The van der Waals surface area contributed by atoms with E-state index in [9.17, 15) is 10.1 Å². The lowest BCUT2D eigenvalue weighted by molar-refractivity contribution is 0.417. The Hall–Kier alpha value is -3.27. The van der Waals surface area contributed by atoms with Crippen LogP contribution in [0.1, 0.15) is 11.1 Å². The van der Waals surface area contributed by atoms with Gasteiger partial charge in [0.2, 0.25) is 0 Å². The fraction of sp³-hybridized carbons (Fsp3) is 0.0625. The zero-order valence-electron chi connectivity index (χ0n) is 12.7. The van der Waals surface area contributed by atoms with Gasteiger partial charge >= 0.3 is 0 Å². The molecule has 1 aliphatic heterocycles. The van der Waals surface area contributed by atoms with Crippen molar-refractivity contribution < 1.29 is 9.53 Å². The van der Waals surface area contributed by atoms with E-state index < -0.39 is 10.5 Å². The number of nitrogen functional groups attached to an aromatic ring is 2. The Labute approximate surface area is 140 Å². The van der Waals surface area contributed by atoms with Crippen molar-refractivity contribution in [3.63, 3.8) is 0 Å². The molecular formula is C16H13N5O2S. The number of fused-ring (bicyclic) bond motifs is 1. The second-order valence-electron chi connectivity index (χ2n) is 4.99. The number of benzene rings is 1. The average Bonchev–Trinajstić information content (AvgIpc) is 2.89. The molecule has 1 atom stereocenters. The molecule has 0 radical (unpaired) electrons. The summed E-state index contributed by atoms with van der Waals surface area (Å²) in [5.41, 5.74) is 20.6. The minimum atomic E-state index is -1.00. The van der Waals surface area contributed by atoms with Crippen molar-refractivity contribution in [2.45, 2.75) is 5.03 Å². The van der Waals surface area contributed by atoms with Gasteiger partial charge in [0.05, 0.1) is 12.8 Å². The zero-order chi connectivity index (χ0) is 17.4. The van der Waals surface area contributed by atoms with Crippen LogP contribution in [-0.2, 0) is 4.79 Å². The summed E-state index contributed by atoms with van der Waals surface area (Å²) in [4.78, 5) is 15.4. The Morgan fingerprint density at radius 1 is 1.25 bits per heavy atom. The number of pyridine rings is 1. The third-order valence-corrected chi connectivity index (χ3v) is 5.03. The highest BCUT2D eigenvalue weighted by molar-refractivity contribution is 8.17. The van der Waals surface area contributed by atoms with Crippen molar-refractivity contribution in [3.05, 3.63) is 34.7 Å². The van der Waals surface area contributed by atoms with Crippen molar-refractivity contribution in [1.82, 2.24) is 4.98 Å². The van der Waals surface area contributed by atoms with Crippen molar-refractivity contribution in [3.8, 4) is 22.9 Å². The fourth-order valence-corrected chi connectivity index (χ4v) is 3.85. The third-order valence-electron chi connectivity index (χ3n) is 3.65. The van der Waals surface area contributed by atoms with Crippen LogP contribution in [0, 0.1) is 11.3 Å². The number of ether oxygens (including phenoxy) is 1. The number of nitriles is 1. The normalized spacial score (nSPS) is 15.2. The molecule has 0 bridgehead atoms. The first kappa shape index (κ1) is 15.6. The monoisotopic (exact) mass is 339 g/mol. The van der Waals surface area contributed by atoms with Crippen LogP contribution in [0.4, 0.5) is 11.5 Å². The van der Waals surface area contributed by atoms with Gasteiger partial charge in [0.25, 0.3) is 0 Å². The molecule has 0 amide bonds. The van der Waals surface area contributed by atoms with Crippen LogP contribution in [0.3, 0.4) is 0 Å². The summed E-state index contributed by atoms with van der Waals surface area (Å²) in [6.07, 6.45) is 0. The van der Waals surface area contributed by atoms with Crippen molar-refractivity contribution in [2.75, 3.05) is 18.6 Å². The summed E-state index contributed by atoms with van der Waals surface area (Å²) in [5.74, 6) is 0.553. The molecular weight excluding hydrogens is 326 g/mol. The van der Waals surface area contributed by atoms with E-state index >= 15 is 0 Å². The predicted octanol–water partition coefficient (Wildman–Crippen LogP) is 1.76. The summed E-state index contributed by atoms with van der Waals surface area (Å²) >= 11 is 0. The highest BCUT2D eigenvalue weighted by Crippen LogP contribution is 2.46. The molecule has 0 aliphatic carbocycles. The van der Waals surface area contributed by atoms with E-state index in [0.29, 0.717) is 38.9 Å². The first-order valence-electron chi connectivity index (χ1n) is 6.77. The van der Waals surface area contributed by atoms with Crippen LogP contribution in [0.2, 0.25) is 0 Å². The first-order valence-corrected chi connectivity index (χ1v) is 8.06. The predicted molar refractivity (Wildman–Crippen MR) is 93.5 cm³/mol. The molecule has 1 unspecified atom stereocenters. The number of aromatic nitrogens is 1. The van der Waals surface area contributed by atoms with Crippen molar-refractivity contribution in [2.24, 2.45) is 5.73 Å². The Kier molecular flexibility index (Phi) is 3.73. The van der Waals surface area contributed by atoms with Crippen molar-refractivity contribution >= 4 is 32.9 Å². The van der Waals surface area contributed by atoms with Gasteiger partial charge in [0.15, 0.2) is 5.23 Å². The fourth-order valence-electron chi connectivity index (χ4n) is 2.61. The minimum absolute atomic E-state index is 0.0384. The molecule has 0 fully saturated rings. The lowest BCUT2D eigenvalue weighted by Crippen LogP contribution is -2.06. The van der Waals surface area contributed by atoms with E-state index in [-0.39, 0.29) is 11.4 Å². The van der Waals surface area contributed by atoms with E-state index in [4.69, 9.17) is 21.9 Å². The van der Waals surface area contributed by atoms with Gasteiger partial charge in [-0.15, -0.1) is 0 Å². The Balaban J connectivity index is 2.40. The highest BCUT2D eigenvalue weighted by atomic mass is 32.2. The smallest absolute Gasteiger partial charge is 0.166 e. The Bertz CT molecular complexity index is 1000. The van der Waals surface area contributed by atoms with Crippen LogP contribution in [0.5, 0.6) is 5.75 Å². The molecule has 0 spiro atoms. The molecule has 8 heteroatoms. The van der Waals surface area contributed by atoms with E-state index in [1.54, 1.807) is 23.6 Å². The van der Waals surface area contributed by atoms with E-state index in [1.165, 1.54) is 7.11 Å². The molecule has 120 valence electrons. The lowest BCUT2D eigenvalue weighted by atomic mass is 9.94. The number of rotatable bonds is 2. The van der Waals surface area contributed by atoms with Crippen molar-refractivity contribution in [1.29, 1.82) is 5.26 Å². The van der Waals surface area contributed by atoms with E-state index in [0.717, 1.165) is 0 Å². The Morgan fingerprint density at radius 3 is 2.58 bits per heavy atom. The molecule has 2 aromatic rings. The van der Waals surface area contributed by atoms with Gasteiger partial charge in [-0.25, -0.2) is 9.78 Å². The molecule has 6 N–H and O–H groups in total. The standard InChI is InChI=1S/C16H13N5O2S/c1-23-12-3-2-8(4-10(12)18)13-9(5-17)15(20)21-16-14(13)11(19)6-24(16)7-22/h2-4,6H,18-19H2,1H3,(H2,20,21). The second kappa shape index (κ2) is 5.74. The summed E-state index contributed by atoms with van der Waals surface area (Å²) in [6.45, 7) is 0. The molecule has 24 heavy (non-hydrogen) atoms. The maximum Gasteiger partial charge on any atom is 0.166 e. The maximum atomic E-state index is 11.2. The zero-order valence-corrected chi connectivity index (χ0v) is 13.5. The largest absolute Gasteiger partial charge is 0.495 e. The number of hydrogen-bond acceptors (Lipinski definition) is 7. The van der Waals surface area contributed by atoms with Gasteiger partial charge in [-0.05, 0) is 28.2 Å². The van der Waals surface area contributed by atoms with Gasteiger partial charge in [0, 0.05) is 22.2 Å². The topological polar surface area (TPSA) is 141 Å². The third kappa shape index (κ3) is 2.20. The van der Waals surface area contributed by atoms with Crippen LogP contribution < -0.4 is 21.9 Å². The van der Waals surface area contributed by atoms with Gasteiger partial charge in [-0.3, -0.25) is 0 Å². The maximum absolute atomic E-state index is 11.2. The van der Waals surface area contributed by atoms with Gasteiger partial charge < -0.3 is 21.9 Å². The molecule has 1 aromatic heterocycles. The molecule has 0 saturated carbocycles. The average molecular weight is 339 g/mol.